The van der Waals surface area contributed by atoms with Crippen LogP contribution in [0.15, 0.2) is 0 Å². The topological polar surface area (TPSA) is 43.1 Å². The van der Waals surface area contributed by atoms with Gasteiger partial charge in [-0.1, -0.05) is 58.8 Å². The highest BCUT2D eigenvalue weighted by atomic mass is 16.1. The number of carbonyl (C=O) groups excluding carboxylic acids is 1. The molecule has 0 fully saturated rings. The van der Waals surface area contributed by atoms with E-state index in [1.807, 2.05) is 0 Å². The molecule has 0 heterocycles. The third kappa shape index (κ3) is 11.9. The first kappa shape index (κ1) is 16.6. The van der Waals surface area contributed by atoms with Crippen LogP contribution in [0.2, 0.25) is 0 Å². The van der Waals surface area contributed by atoms with Gasteiger partial charge in [0.05, 0.1) is 0 Å². The van der Waals surface area contributed by atoms with Crippen molar-refractivity contribution in [1.82, 2.24) is 0 Å². The second-order valence-electron chi connectivity index (χ2n) is 5.16. The van der Waals surface area contributed by atoms with Gasteiger partial charge in [-0.25, -0.2) is 0 Å². The van der Waals surface area contributed by atoms with Crippen molar-refractivity contribution in [3.8, 4) is 0 Å². The summed E-state index contributed by atoms with van der Waals surface area (Å²) in [6, 6.07) is 0.0945. The van der Waals surface area contributed by atoms with Gasteiger partial charge in [0.1, 0.15) is 5.78 Å². The first-order valence-electron chi connectivity index (χ1n) is 7.48. The van der Waals surface area contributed by atoms with Crippen molar-refractivity contribution < 1.29 is 4.79 Å². The fraction of sp³-hybridized carbons (Fsp3) is 0.933. The average molecular weight is 241 g/mol. The fourth-order valence-corrected chi connectivity index (χ4v) is 2.15. The smallest absolute Gasteiger partial charge is 0.134 e. The molecule has 0 saturated carbocycles. The molecule has 0 aromatic carbocycles. The number of unbranched alkanes of at least 4 members (excludes halogenated alkanes) is 6. The maximum Gasteiger partial charge on any atom is 0.134 e. The highest BCUT2D eigenvalue weighted by Gasteiger charge is 2.08. The monoisotopic (exact) mass is 241 g/mol. The summed E-state index contributed by atoms with van der Waals surface area (Å²) in [5.74, 6) is 0.361. The van der Waals surface area contributed by atoms with Crippen molar-refractivity contribution in [3.05, 3.63) is 0 Å². The second kappa shape index (κ2) is 12.1. The minimum Gasteiger partial charge on any atom is -0.327 e. The Labute approximate surface area is 107 Å². The van der Waals surface area contributed by atoms with E-state index in [1.165, 1.54) is 38.5 Å². The molecule has 0 saturated heterocycles. The summed E-state index contributed by atoms with van der Waals surface area (Å²) in [6.45, 7) is 4.35. The predicted molar refractivity (Wildman–Crippen MR) is 75.1 cm³/mol. The maximum absolute atomic E-state index is 11.6. The van der Waals surface area contributed by atoms with Gasteiger partial charge in [-0.15, -0.1) is 0 Å². The van der Waals surface area contributed by atoms with Gasteiger partial charge in [0.15, 0.2) is 0 Å². The Bertz CT molecular complexity index is 180. The average Bonchev–Trinajstić information content (AvgIpc) is 2.28. The van der Waals surface area contributed by atoms with Gasteiger partial charge in [-0.3, -0.25) is 4.79 Å². The summed E-state index contributed by atoms with van der Waals surface area (Å²) >= 11 is 0. The number of Topliss-reactive ketones (excluding diaryl/α,β-unsaturated/α-hetero) is 1. The summed E-state index contributed by atoms with van der Waals surface area (Å²) in [4.78, 5) is 11.6. The van der Waals surface area contributed by atoms with E-state index < -0.39 is 0 Å². The van der Waals surface area contributed by atoms with E-state index in [0.29, 0.717) is 12.2 Å². The number of nitrogens with two attached hydrogens (primary N) is 1. The number of rotatable bonds is 12. The Balaban J connectivity index is 3.27. The largest absolute Gasteiger partial charge is 0.327 e. The second-order valence-corrected chi connectivity index (χ2v) is 5.16. The van der Waals surface area contributed by atoms with Gasteiger partial charge in [0, 0.05) is 18.9 Å². The Hall–Kier alpha value is -0.370. The lowest BCUT2D eigenvalue weighted by Crippen LogP contribution is -2.23. The molecule has 1 atom stereocenters. The molecule has 2 heteroatoms. The molecule has 102 valence electrons. The Morgan fingerprint density at radius 1 is 0.941 bits per heavy atom. The zero-order valence-corrected chi connectivity index (χ0v) is 11.8. The molecule has 0 spiro atoms. The van der Waals surface area contributed by atoms with Gasteiger partial charge in [0.25, 0.3) is 0 Å². The van der Waals surface area contributed by atoms with Crippen LogP contribution in [0.5, 0.6) is 0 Å². The Morgan fingerprint density at radius 2 is 1.53 bits per heavy atom. The molecule has 0 amide bonds. The molecule has 1 unspecified atom stereocenters. The molecule has 17 heavy (non-hydrogen) atoms. The van der Waals surface area contributed by atoms with Crippen LogP contribution >= 0.6 is 0 Å². The van der Waals surface area contributed by atoms with E-state index in [9.17, 15) is 4.79 Å². The molecule has 2 nitrogen and oxygen atoms in total. The maximum atomic E-state index is 11.6. The van der Waals surface area contributed by atoms with Crippen LogP contribution in [-0.2, 0) is 4.79 Å². The van der Waals surface area contributed by atoms with Crippen LogP contribution in [0.3, 0.4) is 0 Å². The molecule has 0 bridgehead atoms. The number of hydrogen-bond donors (Lipinski definition) is 1. The lowest BCUT2D eigenvalue weighted by molar-refractivity contribution is -0.119. The van der Waals surface area contributed by atoms with Gasteiger partial charge in [-0.05, 0) is 12.8 Å². The Morgan fingerprint density at radius 3 is 2.12 bits per heavy atom. The fourth-order valence-electron chi connectivity index (χ4n) is 2.15. The Kier molecular flexibility index (Phi) is 11.8. The molecular weight excluding hydrogens is 210 g/mol. The standard InChI is InChI=1S/C15H31NO/c1-3-5-6-7-8-9-10-12-15(17)13-14(16)11-4-2/h14H,3-13,16H2,1-2H3. The van der Waals surface area contributed by atoms with Crippen molar-refractivity contribution in [2.45, 2.75) is 90.5 Å². The summed E-state index contributed by atoms with van der Waals surface area (Å²) in [7, 11) is 0. The van der Waals surface area contributed by atoms with E-state index in [2.05, 4.69) is 13.8 Å². The normalized spacial score (nSPS) is 12.6. The quantitative estimate of drug-likeness (QED) is 0.520. The molecule has 0 aliphatic rings. The SMILES string of the molecule is CCCCCCCCCC(=O)CC(N)CCC. The lowest BCUT2D eigenvalue weighted by atomic mass is 10.0. The minimum absolute atomic E-state index is 0.0945. The van der Waals surface area contributed by atoms with E-state index in [0.717, 1.165) is 25.7 Å². The van der Waals surface area contributed by atoms with Gasteiger partial charge < -0.3 is 5.73 Å². The highest BCUT2D eigenvalue weighted by molar-refractivity contribution is 5.78. The summed E-state index contributed by atoms with van der Waals surface area (Å²) < 4.78 is 0. The van der Waals surface area contributed by atoms with E-state index in [4.69, 9.17) is 5.73 Å². The molecular formula is C15H31NO. The number of hydrogen-bond acceptors (Lipinski definition) is 2. The van der Waals surface area contributed by atoms with Crippen molar-refractivity contribution in [2.75, 3.05) is 0 Å². The molecule has 0 rings (SSSR count). The minimum atomic E-state index is 0.0945. The van der Waals surface area contributed by atoms with Crippen LogP contribution in [0.25, 0.3) is 0 Å². The van der Waals surface area contributed by atoms with Crippen LogP contribution in [-0.4, -0.2) is 11.8 Å². The molecule has 0 aliphatic heterocycles. The molecule has 0 aromatic heterocycles. The van der Waals surface area contributed by atoms with Crippen molar-refractivity contribution in [2.24, 2.45) is 5.73 Å². The number of carbonyl (C=O) groups is 1. The lowest BCUT2D eigenvalue weighted by Gasteiger charge is -2.08. The molecule has 0 aliphatic carbocycles. The van der Waals surface area contributed by atoms with Gasteiger partial charge in [0.2, 0.25) is 0 Å². The van der Waals surface area contributed by atoms with Crippen LogP contribution in [0, 0.1) is 0 Å². The predicted octanol–water partition coefficient (Wildman–Crippen LogP) is 4.21. The van der Waals surface area contributed by atoms with Crippen molar-refractivity contribution in [3.63, 3.8) is 0 Å². The molecule has 0 aromatic rings. The van der Waals surface area contributed by atoms with Gasteiger partial charge >= 0.3 is 0 Å². The zero-order valence-electron chi connectivity index (χ0n) is 11.8. The van der Waals surface area contributed by atoms with E-state index in [-0.39, 0.29) is 6.04 Å². The van der Waals surface area contributed by atoms with Crippen LogP contribution in [0.4, 0.5) is 0 Å². The van der Waals surface area contributed by atoms with Gasteiger partial charge in [-0.2, -0.15) is 0 Å². The molecule has 2 N–H and O–H groups in total. The third-order valence-electron chi connectivity index (χ3n) is 3.21. The summed E-state index contributed by atoms with van der Waals surface area (Å²) in [5, 5.41) is 0. The summed E-state index contributed by atoms with van der Waals surface area (Å²) in [5.41, 5.74) is 5.85. The van der Waals surface area contributed by atoms with E-state index in [1.54, 1.807) is 0 Å². The van der Waals surface area contributed by atoms with Crippen LogP contribution in [0.1, 0.15) is 84.5 Å². The number of ketones is 1. The third-order valence-corrected chi connectivity index (χ3v) is 3.21. The highest BCUT2D eigenvalue weighted by Crippen LogP contribution is 2.10. The summed E-state index contributed by atoms with van der Waals surface area (Å²) in [6.07, 6.45) is 12.3. The molecule has 0 radical (unpaired) electrons. The van der Waals surface area contributed by atoms with Crippen LogP contribution < -0.4 is 5.73 Å². The zero-order chi connectivity index (χ0) is 12.9. The first-order chi connectivity index (χ1) is 8.20. The van der Waals surface area contributed by atoms with E-state index >= 15 is 0 Å². The first-order valence-corrected chi connectivity index (χ1v) is 7.48. The van der Waals surface area contributed by atoms with Crippen molar-refractivity contribution >= 4 is 5.78 Å². The van der Waals surface area contributed by atoms with Crippen molar-refractivity contribution in [1.29, 1.82) is 0 Å².